The second kappa shape index (κ2) is 7.84. The third-order valence-corrected chi connectivity index (χ3v) is 4.31. The van der Waals surface area contributed by atoms with Crippen molar-refractivity contribution < 1.29 is 14.1 Å². The van der Waals surface area contributed by atoms with E-state index in [0.29, 0.717) is 27.9 Å². The predicted molar refractivity (Wildman–Crippen MR) is 102 cm³/mol. The van der Waals surface area contributed by atoms with Crippen molar-refractivity contribution in [3.63, 3.8) is 0 Å². The molecule has 0 saturated carbocycles. The number of benzene rings is 1. The monoisotopic (exact) mass is 388 g/mol. The quantitative estimate of drug-likeness (QED) is 0.669. The van der Waals surface area contributed by atoms with E-state index in [4.69, 9.17) is 20.9 Å². The van der Waals surface area contributed by atoms with E-state index in [2.05, 4.69) is 15.6 Å². The molecule has 1 amide bonds. The van der Waals surface area contributed by atoms with Crippen LogP contribution in [0.2, 0.25) is 5.02 Å². The van der Waals surface area contributed by atoms with Crippen LogP contribution in [-0.2, 0) is 6.61 Å². The number of aromatic nitrogens is 3. The second-order valence-corrected chi connectivity index (χ2v) is 6.86. The number of aryl methyl sites for hydroxylation is 2. The van der Waals surface area contributed by atoms with Crippen LogP contribution in [-0.4, -0.2) is 20.8 Å². The van der Waals surface area contributed by atoms with Gasteiger partial charge in [-0.15, -0.1) is 0 Å². The lowest BCUT2D eigenvalue weighted by atomic mass is 10.2. The first-order valence-corrected chi connectivity index (χ1v) is 8.94. The molecule has 0 spiro atoms. The van der Waals surface area contributed by atoms with E-state index in [0.717, 1.165) is 5.69 Å². The molecule has 27 heavy (non-hydrogen) atoms. The molecular formula is C19H21ClN4O3. The Balaban J connectivity index is 1.80. The van der Waals surface area contributed by atoms with Crippen LogP contribution < -0.4 is 10.1 Å². The van der Waals surface area contributed by atoms with Crippen molar-refractivity contribution in [1.82, 2.24) is 14.9 Å². The molecule has 3 aromatic rings. The molecule has 0 aliphatic rings. The van der Waals surface area contributed by atoms with E-state index in [9.17, 15) is 4.79 Å². The number of rotatable bonds is 6. The highest BCUT2D eigenvalue weighted by Crippen LogP contribution is 2.26. The summed E-state index contributed by atoms with van der Waals surface area (Å²) in [6.07, 6.45) is 0. The Morgan fingerprint density at radius 3 is 2.78 bits per heavy atom. The third-order valence-electron chi connectivity index (χ3n) is 4.00. The number of carbonyl (C=O) groups excluding carboxylic acids is 1. The van der Waals surface area contributed by atoms with Crippen molar-refractivity contribution in [2.24, 2.45) is 0 Å². The van der Waals surface area contributed by atoms with Crippen molar-refractivity contribution in [1.29, 1.82) is 0 Å². The summed E-state index contributed by atoms with van der Waals surface area (Å²) in [5, 5.41) is 11.6. The standard InChI is InChI=1S/C19H21ClN4O3/c1-11(2)24-17(9-12(3)22-24)21-19(25)18-14(13(4)27-23-18)10-26-16-8-6-5-7-15(16)20/h5-9,11H,10H2,1-4H3,(H,21,25). The molecule has 0 radical (unpaired) electrons. The highest BCUT2D eigenvalue weighted by Gasteiger charge is 2.22. The number of hydrogen-bond acceptors (Lipinski definition) is 5. The van der Waals surface area contributed by atoms with Crippen LogP contribution in [0.5, 0.6) is 5.75 Å². The highest BCUT2D eigenvalue weighted by atomic mass is 35.5. The van der Waals surface area contributed by atoms with E-state index in [1.807, 2.05) is 39.0 Å². The van der Waals surface area contributed by atoms with Gasteiger partial charge < -0.3 is 14.6 Å². The predicted octanol–water partition coefficient (Wildman–Crippen LogP) is 4.55. The van der Waals surface area contributed by atoms with Gasteiger partial charge >= 0.3 is 0 Å². The van der Waals surface area contributed by atoms with Crippen LogP contribution in [0.1, 0.15) is 47.4 Å². The Hall–Kier alpha value is -2.80. The Bertz CT molecular complexity index is 962. The molecule has 3 rings (SSSR count). The molecule has 0 atom stereocenters. The Labute approximate surface area is 162 Å². The van der Waals surface area contributed by atoms with Gasteiger partial charge in [0.05, 0.1) is 16.3 Å². The van der Waals surface area contributed by atoms with E-state index in [-0.39, 0.29) is 24.2 Å². The number of halogens is 1. The second-order valence-electron chi connectivity index (χ2n) is 6.45. The average Bonchev–Trinajstić information content (AvgIpc) is 3.17. The molecule has 0 aliphatic heterocycles. The molecule has 0 bridgehead atoms. The highest BCUT2D eigenvalue weighted by molar-refractivity contribution is 6.32. The van der Waals surface area contributed by atoms with E-state index in [1.165, 1.54) is 0 Å². The van der Waals surface area contributed by atoms with Gasteiger partial charge in [0.1, 0.15) is 23.9 Å². The fourth-order valence-corrected chi connectivity index (χ4v) is 2.82. The van der Waals surface area contributed by atoms with Crippen molar-refractivity contribution in [3.05, 3.63) is 58.1 Å². The van der Waals surface area contributed by atoms with Crippen LogP contribution in [0, 0.1) is 13.8 Å². The maximum atomic E-state index is 12.8. The number of anilines is 1. The molecule has 142 valence electrons. The Morgan fingerprint density at radius 2 is 2.07 bits per heavy atom. The van der Waals surface area contributed by atoms with Crippen molar-refractivity contribution >= 4 is 23.3 Å². The Kier molecular flexibility index (Phi) is 5.51. The zero-order valence-corrected chi connectivity index (χ0v) is 16.4. The summed E-state index contributed by atoms with van der Waals surface area (Å²) >= 11 is 6.11. The fraction of sp³-hybridized carbons (Fsp3) is 0.316. The summed E-state index contributed by atoms with van der Waals surface area (Å²) < 4.78 is 12.7. The third kappa shape index (κ3) is 4.14. The van der Waals surface area contributed by atoms with Gasteiger partial charge in [-0.25, -0.2) is 4.68 Å². The number of hydrogen-bond donors (Lipinski definition) is 1. The zero-order valence-electron chi connectivity index (χ0n) is 15.6. The minimum atomic E-state index is -0.383. The number of ether oxygens (including phenoxy) is 1. The van der Waals surface area contributed by atoms with Crippen molar-refractivity contribution in [3.8, 4) is 5.75 Å². The van der Waals surface area contributed by atoms with Gasteiger partial charge in [0.15, 0.2) is 5.69 Å². The van der Waals surface area contributed by atoms with Gasteiger partial charge in [-0.05, 0) is 39.8 Å². The van der Waals surface area contributed by atoms with Crippen LogP contribution in [0.4, 0.5) is 5.82 Å². The number of para-hydroxylation sites is 1. The number of carbonyl (C=O) groups is 1. The SMILES string of the molecule is Cc1cc(NC(=O)c2noc(C)c2COc2ccccc2Cl)n(C(C)C)n1. The maximum Gasteiger partial charge on any atom is 0.279 e. The van der Waals surface area contributed by atoms with E-state index in [1.54, 1.807) is 23.7 Å². The number of nitrogens with one attached hydrogen (secondary N) is 1. The lowest BCUT2D eigenvalue weighted by Crippen LogP contribution is -2.19. The molecule has 0 fully saturated rings. The molecule has 0 aliphatic carbocycles. The van der Waals surface area contributed by atoms with Gasteiger partial charge in [-0.3, -0.25) is 4.79 Å². The van der Waals surface area contributed by atoms with Crippen molar-refractivity contribution in [2.45, 2.75) is 40.3 Å². The van der Waals surface area contributed by atoms with Gasteiger partial charge in [0.2, 0.25) is 0 Å². The number of nitrogens with zero attached hydrogens (tertiary/aromatic N) is 3. The molecular weight excluding hydrogens is 368 g/mol. The van der Waals surface area contributed by atoms with Crippen LogP contribution in [0.15, 0.2) is 34.9 Å². The van der Waals surface area contributed by atoms with Gasteiger partial charge in [-0.2, -0.15) is 5.10 Å². The fourth-order valence-electron chi connectivity index (χ4n) is 2.63. The summed E-state index contributed by atoms with van der Waals surface area (Å²) in [5.41, 5.74) is 1.56. The minimum Gasteiger partial charge on any atom is -0.487 e. The first-order valence-electron chi connectivity index (χ1n) is 8.56. The smallest absolute Gasteiger partial charge is 0.279 e. The van der Waals surface area contributed by atoms with Crippen LogP contribution in [0.3, 0.4) is 0 Å². The zero-order chi connectivity index (χ0) is 19.6. The van der Waals surface area contributed by atoms with Crippen LogP contribution in [0.25, 0.3) is 0 Å². The molecule has 1 N–H and O–H groups in total. The summed E-state index contributed by atoms with van der Waals surface area (Å²) in [6.45, 7) is 7.70. The van der Waals surface area contributed by atoms with Crippen LogP contribution >= 0.6 is 11.6 Å². The lowest BCUT2D eigenvalue weighted by molar-refractivity contribution is 0.101. The summed E-state index contributed by atoms with van der Waals surface area (Å²) in [6, 6.07) is 9.06. The Morgan fingerprint density at radius 1 is 1.33 bits per heavy atom. The van der Waals surface area contributed by atoms with Gasteiger partial charge in [-0.1, -0.05) is 28.9 Å². The summed E-state index contributed by atoms with van der Waals surface area (Å²) in [4.78, 5) is 12.8. The number of amides is 1. The maximum absolute atomic E-state index is 12.8. The first kappa shape index (κ1) is 19.0. The average molecular weight is 389 g/mol. The summed E-state index contributed by atoms with van der Waals surface area (Å²) in [7, 11) is 0. The van der Waals surface area contributed by atoms with E-state index >= 15 is 0 Å². The van der Waals surface area contributed by atoms with Gasteiger partial charge in [0.25, 0.3) is 5.91 Å². The normalized spacial score (nSPS) is 11.0. The largest absolute Gasteiger partial charge is 0.487 e. The molecule has 8 heteroatoms. The topological polar surface area (TPSA) is 82.2 Å². The molecule has 0 saturated heterocycles. The lowest BCUT2D eigenvalue weighted by Gasteiger charge is -2.11. The minimum absolute atomic E-state index is 0.107. The van der Waals surface area contributed by atoms with Gasteiger partial charge in [0, 0.05) is 12.1 Å². The first-order chi connectivity index (χ1) is 12.9. The summed E-state index contributed by atoms with van der Waals surface area (Å²) in [5.74, 6) is 1.26. The molecule has 2 heterocycles. The molecule has 7 nitrogen and oxygen atoms in total. The molecule has 2 aromatic heterocycles. The van der Waals surface area contributed by atoms with E-state index < -0.39 is 0 Å². The molecule has 1 aromatic carbocycles. The molecule has 0 unspecified atom stereocenters. The van der Waals surface area contributed by atoms with Crippen molar-refractivity contribution in [2.75, 3.05) is 5.32 Å².